The lowest BCUT2D eigenvalue weighted by Crippen LogP contribution is -2.38. The number of aryl methyl sites for hydroxylation is 1. The Balaban J connectivity index is 1.39. The molecule has 1 aliphatic heterocycles. The molecule has 2 atom stereocenters. The number of piperidine rings is 1. The summed E-state index contributed by atoms with van der Waals surface area (Å²) in [5.41, 5.74) is 3.86. The normalized spacial score (nSPS) is 18.9. The Kier molecular flexibility index (Phi) is 7.83. The molecule has 7 heteroatoms. The van der Waals surface area contributed by atoms with Crippen molar-refractivity contribution in [3.8, 4) is 0 Å². The Morgan fingerprint density at radius 3 is 2.64 bits per heavy atom. The lowest BCUT2D eigenvalue weighted by molar-refractivity contribution is 0.0947. The van der Waals surface area contributed by atoms with Crippen LogP contribution < -0.4 is 5.32 Å². The quantitative estimate of drug-likeness (QED) is 0.469. The third kappa shape index (κ3) is 6.45. The molecular formula is C26H32N4O2S. The van der Waals surface area contributed by atoms with E-state index in [2.05, 4.69) is 52.4 Å². The largest absolute Gasteiger partial charge is 0.361 e. The third-order valence-corrected chi connectivity index (χ3v) is 6.98. The van der Waals surface area contributed by atoms with Gasteiger partial charge in [-0.2, -0.15) is 0 Å². The second kappa shape index (κ2) is 11.0. The fourth-order valence-electron chi connectivity index (χ4n) is 4.62. The molecule has 1 amide bonds. The number of aromatic nitrogens is 2. The monoisotopic (exact) mass is 464 g/mol. The van der Waals surface area contributed by atoms with E-state index in [1.54, 1.807) is 12.3 Å². The summed E-state index contributed by atoms with van der Waals surface area (Å²) >= 11 is 1.49. The van der Waals surface area contributed by atoms with E-state index in [9.17, 15) is 4.79 Å². The summed E-state index contributed by atoms with van der Waals surface area (Å²) in [6.45, 7) is 10.2. The number of pyridine rings is 1. The van der Waals surface area contributed by atoms with Crippen molar-refractivity contribution >= 4 is 17.7 Å². The minimum atomic E-state index is -0.114. The zero-order valence-corrected chi connectivity index (χ0v) is 20.4. The van der Waals surface area contributed by atoms with Crippen molar-refractivity contribution in [1.29, 1.82) is 0 Å². The molecule has 1 aliphatic rings. The number of hydrogen-bond donors (Lipinski definition) is 1. The molecule has 0 aliphatic carbocycles. The van der Waals surface area contributed by atoms with Gasteiger partial charge in [-0.25, -0.2) is 4.98 Å². The molecule has 174 valence electrons. The molecule has 3 aromatic rings. The van der Waals surface area contributed by atoms with Gasteiger partial charge in [0.25, 0.3) is 5.91 Å². The van der Waals surface area contributed by atoms with Crippen LogP contribution in [0.1, 0.15) is 53.2 Å². The average molecular weight is 465 g/mol. The van der Waals surface area contributed by atoms with Crippen molar-refractivity contribution in [2.75, 3.05) is 13.1 Å². The number of rotatable bonds is 8. The Bertz CT molecular complexity index is 1070. The molecule has 33 heavy (non-hydrogen) atoms. The van der Waals surface area contributed by atoms with Gasteiger partial charge in [-0.05, 0) is 48.4 Å². The number of benzene rings is 1. The molecule has 0 radical (unpaired) electrons. The summed E-state index contributed by atoms with van der Waals surface area (Å²) in [4.78, 5) is 20.0. The molecule has 1 fully saturated rings. The summed E-state index contributed by atoms with van der Waals surface area (Å²) in [6.07, 6.45) is 3.01. The second-order valence-corrected chi connectivity index (χ2v) is 10.1. The Morgan fingerprint density at radius 1 is 1.15 bits per heavy atom. The van der Waals surface area contributed by atoms with Gasteiger partial charge in [0.15, 0.2) is 0 Å². The van der Waals surface area contributed by atoms with Crippen molar-refractivity contribution in [3.63, 3.8) is 0 Å². The van der Waals surface area contributed by atoms with Crippen LogP contribution >= 0.6 is 11.8 Å². The van der Waals surface area contributed by atoms with Crippen LogP contribution in [0, 0.1) is 18.8 Å². The molecule has 2 unspecified atom stereocenters. The minimum absolute atomic E-state index is 0.114. The van der Waals surface area contributed by atoms with Crippen LogP contribution in [0.5, 0.6) is 0 Å². The molecule has 6 nitrogen and oxygen atoms in total. The van der Waals surface area contributed by atoms with Gasteiger partial charge in [-0.1, -0.05) is 55.0 Å². The van der Waals surface area contributed by atoms with Gasteiger partial charge < -0.3 is 9.84 Å². The van der Waals surface area contributed by atoms with Gasteiger partial charge in [0.05, 0.1) is 11.3 Å². The highest BCUT2D eigenvalue weighted by Crippen LogP contribution is 2.25. The maximum atomic E-state index is 13.0. The molecule has 1 saturated heterocycles. The molecule has 2 aromatic heterocycles. The number of hydrogen-bond acceptors (Lipinski definition) is 6. The molecule has 1 aromatic carbocycles. The zero-order valence-electron chi connectivity index (χ0n) is 19.6. The first-order valence-electron chi connectivity index (χ1n) is 11.5. The predicted octanol–water partition coefficient (Wildman–Crippen LogP) is 5.08. The van der Waals surface area contributed by atoms with Crippen molar-refractivity contribution in [3.05, 3.63) is 76.8 Å². The van der Waals surface area contributed by atoms with E-state index < -0.39 is 0 Å². The van der Waals surface area contributed by atoms with E-state index in [0.717, 1.165) is 48.5 Å². The van der Waals surface area contributed by atoms with E-state index in [0.29, 0.717) is 22.9 Å². The smallest absolute Gasteiger partial charge is 0.254 e. The molecular weight excluding hydrogens is 432 g/mol. The number of likely N-dealkylation sites (tertiary alicyclic amines) is 1. The highest BCUT2D eigenvalue weighted by Gasteiger charge is 2.22. The summed E-state index contributed by atoms with van der Waals surface area (Å²) in [5.74, 6) is 2.71. The lowest BCUT2D eigenvalue weighted by atomic mass is 9.91. The number of nitrogens with one attached hydrogen (secondary N) is 1. The first-order chi connectivity index (χ1) is 16.0. The van der Waals surface area contributed by atoms with Crippen LogP contribution in [0.15, 0.2) is 58.2 Å². The second-order valence-electron chi connectivity index (χ2n) is 9.17. The highest BCUT2D eigenvalue weighted by atomic mass is 32.2. The third-order valence-electron chi connectivity index (χ3n) is 5.95. The molecule has 3 heterocycles. The van der Waals surface area contributed by atoms with E-state index in [1.807, 2.05) is 25.1 Å². The molecule has 0 bridgehead atoms. The molecule has 0 saturated carbocycles. The van der Waals surface area contributed by atoms with Gasteiger partial charge in [0, 0.05) is 44.2 Å². The minimum Gasteiger partial charge on any atom is -0.361 e. The van der Waals surface area contributed by atoms with Crippen LogP contribution in [-0.4, -0.2) is 34.0 Å². The number of amides is 1. The van der Waals surface area contributed by atoms with Gasteiger partial charge in [0.1, 0.15) is 10.8 Å². The Hall–Kier alpha value is -2.64. The zero-order chi connectivity index (χ0) is 23.2. The molecule has 4 rings (SSSR count). The number of thioether (sulfide) groups is 1. The fourth-order valence-corrected chi connectivity index (χ4v) is 5.50. The topological polar surface area (TPSA) is 71.3 Å². The predicted molar refractivity (Wildman–Crippen MR) is 131 cm³/mol. The van der Waals surface area contributed by atoms with Crippen LogP contribution in [0.25, 0.3) is 0 Å². The SMILES string of the molecule is Cc1cc(CSc2ncccc2C(=O)NCc2ccccc2CN2CC(C)CC(C)C2)no1. The van der Waals surface area contributed by atoms with Crippen LogP contribution in [-0.2, 0) is 18.8 Å². The van der Waals surface area contributed by atoms with Crippen molar-refractivity contribution in [1.82, 2.24) is 20.4 Å². The Morgan fingerprint density at radius 2 is 1.91 bits per heavy atom. The van der Waals surface area contributed by atoms with Gasteiger partial charge >= 0.3 is 0 Å². The number of nitrogens with zero attached hydrogens (tertiary/aromatic N) is 3. The van der Waals surface area contributed by atoms with Crippen molar-refractivity contribution < 1.29 is 9.32 Å². The number of carbonyl (C=O) groups excluding carboxylic acids is 1. The van der Waals surface area contributed by atoms with Crippen LogP contribution in [0.4, 0.5) is 0 Å². The first kappa shape index (κ1) is 23.5. The fraction of sp³-hybridized carbons (Fsp3) is 0.423. The van der Waals surface area contributed by atoms with Crippen LogP contribution in [0.2, 0.25) is 0 Å². The van der Waals surface area contributed by atoms with Gasteiger partial charge in [-0.15, -0.1) is 0 Å². The average Bonchev–Trinajstić information content (AvgIpc) is 3.21. The maximum absolute atomic E-state index is 13.0. The highest BCUT2D eigenvalue weighted by molar-refractivity contribution is 7.98. The van der Waals surface area contributed by atoms with Gasteiger partial charge in [-0.3, -0.25) is 9.69 Å². The molecule has 0 spiro atoms. The van der Waals surface area contributed by atoms with Gasteiger partial charge in [0.2, 0.25) is 0 Å². The summed E-state index contributed by atoms with van der Waals surface area (Å²) < 4.78 is 5.13. The van der Waals surface area contributed by atoms with E-state index in [4.69, 9.17) is 4.52 Å². The van der Waals surface area contributed by atoms with E-state index >= 15 is 0 Å². The maximum Gasteiger partial charge on any atom is 0.254 e. The number of carbonyl (C=O) groups is 1. The lowest BCUT2D eigenvalue weighted by Gasteiger charge is -2.35. The molecule has 1 N–H and O–H groups in total. The standard InChI is InChI=1S/C26H32N4O2S/c1-18-11-19(2)15-30(14-18)16-22-8-5-4-7-21(22)13-28-25(31)24-9-6-10-27-26(24)33-17-23-12-20(3)32-29-23/h4-10,12,18-19H,11,13-17H2,1-3H3,(H,28,31). The van der Waals surface area contributed by atoms with E-state index in [-0.39, 0.29) is 5.91 Å². The van der Waals surface area contributed by atoms with Crippen molar-refractivity contribution in [2.24, 2.45) is 11.8 Å². The first-order valence-corrected chi connectivity index (χ1v) is 12.5. The van der Waals surface area contributed by atoms with Crippen molar-refractivity contribution in [2.45, 2.75) is 51.1 Å². The summed E-state index contributed by atoms with van der Waals surface area (Å²) in [6, 6.07) is 13.9. The Labute approximate surface area is 200 Å². The van der Waals surface area contributed by atoms with E-state index in [1.165, 1.54) is 23.7 Å². The summed E-state index contributed by atoms with van der Waals surface area (Å²) in [5, 5.41) is 7.82. The summed E-state index contributed by atoms with van der Waals surface area (Å²) in [7, 11) is 0. The van der Waals surface area contributed by atoms with Crippen LogP contribution in [0.3, 0.4) is 0 Å².